The van der Waals surface area contributed by atoms with Gasteiger partial charge in [0, 0.05) is 0 Å². The number of benzene rings is 1. The number of ether oxygens (including phenoxy) is 2. The molecule has 0 bridgehead atoms. The Morgan fingerprint density at radius 1 is 1.14 bits per heavy atom. The van der Waals surface area contributed by atoms with Crippen LogP contribution in [0.1, 0.15) is 39.5 Å². The van der Waals surface area contributed by atoms with Crippen LogP contribution in [0.25, 0.3) is 0 Å². The third-order valence-electron chi connectivity index (χ3n) is 3.90. The van der Waals surface area contributed by atoms with Crippen molar-refractivity contribution < 1.29 is 23.0 Å². The minimum Gasteiger partial charge on any atom is -0.462 e. The van der Waals surface area contributed by atoms with Crippen LogP contribution in [0.3, 0.4) is 0 Å². The van der Waals surface area contributed by atoms with Crippen molar-refractivity contribution in [3.63, 3.8) is 0 Å². The Labute approximate surface area is 128 Å². The SMILES string of the molecule is CC=COc1ccc(OC(=O)C2CCC(C)CC2)c(F)c1F. The summed E-state index contributed by atoms with van der Waals surface area (Å²) in [4.78, 5) is 12.0. The van der Waals surface area contributed by atoms with Gasteiger partial charge < -0.3 is 9.47 Å². The first kappa shape index (κ1) is 16.5. The number of hydrogen-bond donors (Lipinski definition) is 0. The molecule has 0 unspecified atom stereocenters. The van der Waals surface area contributed by atoms with Crippen LogP contribution in [0.5, 0.6) is 11.5 Å². The first-order chi connectivity index (χ1) is 10.5. The summed E-state index contributed by atoms with van der Waals surface area (Å²) in [6, 6.07) is 2.45. The summed E-state index contributed by atoms with van der Waals surface area (Å²) in [6.07, 6.45) is 6.15. The molecule has 3 nitrogen and oxygen atoms in total. The average molecular weight is 310 g/mol. The summed E-state index contributed by atoms with van der Waals surface area (Å²) in [5.74, 6) is -3.15. The van der Waals surface area contributed by atoms with E-state index in [0.717, 1.165) is 25.7 Å². The van der Waals surface area contributed by atoms with Crippen LogP contribution in [-0.4, -0.2) is 5.97 Å². The number of hydrogen-bond acceptors (Lipinski definition) is 3. The molecule has 1 aromatic carbocycles. The van der Waals surface area contributed by atoms with Gasteiger partial charge in [0.2, 0.25) is 11.6 Å². The number of esters is 1. The molecule has 0 aliphatic heterocycles. The summed E-state index contributed by atoms with van der Waals surface area (Å²) in [5.41, 5.74) is 0. The normalized spacial score (nSPS) is 21.8. The van der Waals surface area contributed by atoms with Crippen molar-refractivity contribution in [1.82, 2.24) is 0 Å². The maximum Gasteiger partial charge on any atom is 0.314 e. The molecule has 22 heavy (non-hydrogen) atoms. The molecule has 0 spiro atoms. The van der Waals surface area contributed by atoms with Crippen LogP contribution in [0.2, 0.25) is 0 Å². The molecule has 0 radical (unpaired) electrons. The lowest BCUT2D eigenvalue weighted by atomic mass is 9.83. The number of rotatable bonds is 4. The molecular weight excluding hydrogens is 290 g/mol. The van der Waals surface area contributed by atoms with Gasteiger partial charge in [-0.3, -0.25) is 4.79 Å². The molecule has 0 aromatic heterocycles. The molecule has 2 rings (SSSR count). The maximum atomic E-state index is 13.9. The van der Waals surface area contributed by atoms with Crippen LogP contribution < -0.4 is 9.47 Å². The topological polar surface area (TPSA) is 35.5 Å². The molecule has 0 amide bonds. The molecular formula is C17H20F2O3. The molecule has 5 heteroatoms. The molecule has 0 saturated heterocycles. The van der Waals surface area contributed by atoms with Gasteiger partial charge in [0.25, 0.3) is 0 Å². The van der Waals surface area contributed by atoms with E-state index in [2.05, 4.69) is 6.92 Å². The average Bonchev–Trinajstić information content (AvgIpc) is 2.51. The molecule has 1 aliphatic rings. The zero-order valence-electron chi connectivity index (χ0n) is 12.8. The van der Waals surface area contributed by atoms with E-state index in [4.69, 9.17) is 9.47 Å². The van der Waals surface area contributed by atoms with Gasteiger partial charge in [0.1, 0.15) is 0 Å². The minimum absolute atomic E-state index is 0.238. The summed E-state index contributed by atoms with van der Waals surface area (Å²) < 4.78 is 37.7. The van der Waals surface area contributed by atoms with Gasteiger partial charge in [-0.15, -0.1) is 0 Å². The van der Waals surface area contributed by atoms with E-state index >= 15 is 0 Å². The predicted octanol–water partition coefficient (Wildman–Crippen LogP) is 4.61. The van der Waals surface area contributed by atoms with Gasteiger partial charge >= 0.3 is 5.97 Å². The van der Waals surface area contributed by atoms with Gasteiger partial charge in [0.15, 0.2) is 11.5 Å². The molecule has 1 aromatic rings. The first-order valence-corrected chi connectivity index (χ1v) is 7.50. The maximum absolute atomic E-state index is 13.9. The third kappa shape index (κ3) is 3.84. The lowest BCUT2D eigenvalue weighted by Crippen LogP contribution is -2.25. The van der Waals surface area contributed by atoms with E-state index < -0.39 is 23.4 Å². The van der Waals surface area contributed by atoms with Crippen molar-refractivity contribution >= 4 is 5.97 Å². The summed E-state index contributed by atoms with van der Waals surface area (Å²) in [6.45, 7) is 3.83. The number of halogens is 2. The Kier molecular flexibility index (Phi) is 5.52. The molecule has 0 atom stereocenters. The van der Waals surface area contributed by atoms with Gasteiger partial charge in [0.05, 0.1) is 12.2 Å². The fourth-order valence-corrected chi connectivity index (χ4v) is 2.51. The quantitative estimate of drug-likeness (QED) is 0.463. The van der Waals surface area contributed by atoms with Crippen molar-refractivity contribution in [3.8, 4) is 11.5 Å². The number of allylic oxidation sites excluding steroid dienone is 1. The van der Waals surface area contributed by atoms with Gasteiger partial charge in [-0.1, -0.05) is 13.0 Å². The van der Waals surface area contributed by atoms with Crippen molar-refractivity contribution in [2.75, 3.05) is 0 Å². The molecule has 1 fully saturated rings. The molecule has 120 valence electrons. The van der Waals surface area contributed by atoms with Gasteiger partial charge in [-0.05, 0) is 50.7 Å². The second kappa shape index (κ2) is 7.38. The van der Waals surface area contributed by atoms with Crippen LogP contribution in [0.15, 0.2) is 24.5 Å². The highest BCUT2D eigenvalue weighted by Crippen LogP contribution is 2.32. The van der Waals surface area contributed by atoms with Crippen molar-refractivity contribution in [2.24, 2.45) is 11.8 Å². The van der Waals surface area contributed by atoms with Crippen molar-refractivity contribution in [3.05, 3.63) is 36.1 Å². The molecule has 1 aliphatic carbocycles. The second-order valence-electron chi connectivity index (χ2n) is 5.65. The third-order valence-corrected chi connectivity index (χ3v) is 3.90. The lowest BCUT2D eigenvalue weighted by molar-refractivity contribution is -0.140. The van der Waals surface area contributed by atoms with E-state index in [9.17, 15) is 13.6 Å². The smallest absolute Gasteiger partial charge is 0.314 e. The van der Waals surface area contributed by atoms with Crippen LogP contribution in [0.4, 0.5) is 8.78 Å². The van der Waals surface area contributed by atoms with Crippen LogP contribution in [-0.2, 0) is 4.79 Å². The van der Waals surface area contributed by atoms with Crippen molar-refractivity contribution in [1.29, 1.82) is 0 Å². The zero-order chi connectivity index (χ0) is 16.1. The fourth-order valence-electron chi connectivity index (χ4n) is 2.51. The Hall–Kier alpha value is -1.91. The Bertz CT molecular complexity index is 561. The molecule has 1 saturated carbocycles. The van der Waals surface area contributed by atoms with E-state index in [1.54, 1.807) is 13.0 Å². The zero-order valence-corrected chi connectivity index (χ0v) is 12.8. The first-order valence-electron chi connectivity index (χ1n) is 7.50. The Morgan fingerprint density at radius 3 is 2.36 bits per heavy atom. The highest BCUT2D eigenvalue weighted by Gasteiger charge is 2.27. The van der Waals surface area contributed by atoms with Crippen LogP contribution in [0, 0.1) is 23.5 Å². The van der Waals surface area contributed by atoms with E-state index in [1.165, 1.54) is 18.4 Å². The number of carbonyl (C=O) groups excluding carboxylic acids is 1. The number of carbonyl (C=O) groups is 1. The standard InChI is InChI=1S/C17H20F2O3/c1-3-10-21-13-8-9-14(16(19)15(13)18)22-17(20)12-6-4-11(2)5-7-12/h3,8-12H,4-7H2,1-2H3. The van der Waals surface area contributed by atoms with E-state index in [1.807, 2.05) is 0 Å². The lowest BCUT2D eigenvalue weighted by Gasteiger charge is -2.24. The second-order valence-corrected chi connectivity index (χ2v) is 5.65. The van der Waals surface area contributed by atoms with Crippen molar-refractivity contribution in [2.45, 2.75) is 39.5 Å². The highest BCUT2D eigenvalue weighted by molar-refractivity contribution is 5.75. The highest BCUT2D eigenvalue weighted by atomic mass is 19.2. The Balaban J connectivity index is 2.06. The minimum atomic E-state index is -1.21. The molecule has 0 N–H and O–H groups in total. The fraction of sp³-hybridized carbons (Fsp3) is 0.471. The van der Waals surface area contributed by atoms with Gasteiger partial charge in [-0.2, -0.15) is 8.78 Å². The Morgan fingerprint density at radius 2 is 1.73 bits per heavy atom. The van der Waals surface area contributed by atoms with Gasteiger partial charge in [-0.25, -0.2) is 0 Å². The largest absolute Gasteiger partial charge is 0.462 e. The predicted molar refractivity (Wildman–Crippen MR) is 78.6 cm³/mol. The monoisotopic (exact) mass is 310 g/mol. The summed E-state index contributed by atoms with van der Waals surface area (Å²) in [7, 11) is 0. The van der Waals surface area contributed by atoms with E-state index in [0.29, 0.717) is 5.92 Å². The summed E-state index contributed by atoms with van der Waals surface area (Å²) in [5, 5.41) is 0. The van der Waals surface area contributed by atoms with E-state index in [-0.39, 0.29) is 11.7 Å². The van der Waals surface area contributed by atoms with Crippen LogP contribution >= 0.6 is 0 Å². The summed E-state index contributed by atoms with van der Waals surface area (Å²) >= 11 is 0. The molecule has 0 heterocycles.